The summed E-state index contributed by atoms with van der Waals surface area (Å²) in [6.07, 6.45) is 7.34. The van der Waals surface area contributed by atoms with Crippen LogP contribution in [0, 0.1) is 0 Å². The Balaban J connectivity index is 1.50. The third-order valence-electron chi connectivity index (χ3n) is 4.49. The van der Waals surface area contributed by atoms with Crippen LogP contribution in [0.15, 0.2) is 30.9 Å². The van der Waals surface area contributed by atoms with Gasteiger partial charge in [-0.1, -0.05) is 0 Å². The molecule has 1 aliphatic heterocycles. The van der Waals surface area contributed by atoms with Gasteiger partial charge in [0, 0.05) is 37.9 Å². The Hall–Kier alpha value is -2.57. The second-order valence-corrected chi connectivity index (χ2v) is 5.81. The van der Waals surface area contributed by atoms with Gasteiger partial charge >= 0.3 is 0 Å². The van der Waals surface area contributed by atoms with Crippen molar-refractivity contribution < 1.29 is 0 Å². The average Bonchev–Trinajstić information content (AvgIpc) is 3.10. The quantitative estimate of drug-likeness (QED) is 0.737. The lowest BCUT2D eigenvalue weighted by atomic mass is 9.96. The first-order valence-corrected chi connectivity index (χ1v) is 8.05. The van der Waals surface area contributed by atoms with Crippen LogP contribution in [0.25, 0.3) is 11.2 Å². The maximum atomic E-state index is 4.64. The van der Waals surface area contributed by atoms with Gasteiger partial charge in [-0.2, -0.15) is 0 Å². The van der Waals surface area contributed by atoms with E-state index in [-0.39, 0.29) is 0 Å². The summed E-state index contributed by atoms with van der Waals surface area (Å²) in [7, 11) is 0. The van der Waals surface area contributed by atoms with Crippen LogP contribution in [0.2, 0.25) is 0 Å². The van der Waals surface area contributed by atoms with E-state index in [2.05, 4.69) is 41.5 Å². The molecule has 0 unspecified atom stereocenters. The van der Waals surface area contributed by atoms with Crippen molar-refractivity contribution >= 4 is 17.0 Å². The summed E-state index contributed by atoms with van der Waals surface area (Å²) >= 11 is 0. The summed E-state index contributed by atoms with van der Waals surface area (Å²) < 4.78 is 2.14. The van der Waals surface area contributed by atoms with Crippen molar-refractivity contribution in [2.75, 3.05) is 18.0 Å². The Bertz CT molecular complexity index is 805. The number of anilines is 1. The van der Waals surface area contributed by atoms with Crippen LogP contribution in [0.5, 0.6) is 0 Å². The monoisotopic (exact) mass is 309 g/mol. The molecule has 23 heavy (non-hydrogen) atoms. The summed E-state index contributed by atoms with van der Waals surface area (Å²) in [5.41, 5.74) is 1.54. The van der Waals surface area contributed by atoms with Gasteiger partial charge in [-0.15, -0.1) is 10.2 Å². The highest BCUT2D eigenvalue weighted by Gasteiger charge is 2.25. The second-order valence-electron chi connectivity index (χ2n) is 5.81. The number of hydrogen-bond donors (Lipinski definition) is 0. The van der Waals surface area contributed by atoms with Crippen LogP contribution in [0.4, 0.5) is 5.82 Å². The van der Waals surface area contributed by atoms with Gasteiger partial charge < -0.3 is 9.47 Å². The van der Waals surface area contributed by atoms with E-state index in [1.54, 1.807) is 12.4 Å². The Labute approximate surface area is 134 Å². The van der Waals surface area contributed by atoms with Gasteiger partial charge in [0.2, 0.25) is 0 Å². The number of piperidine rings is 1. The molecule has 0 bridgehead atoms. The zero-order chi connectivity index (χ0) is 15.6. The van der Waals surface area contributed by atoms with E-state index in [0.29, 0.717) is 11.6 Å². The highest BCUT2D eigenvalue weighted by Crippen LogP contribution is 2.29. The molecule has 0 saturated carbocycles. The SMILES string of the molecule is CCn1cnnc1C1CCN(c2ccc3nccnc3n2)CC1. The summed E-state index contributed by atoms with van der Waals surface area (Å²) in [5.74, 6) is 2.58. The Morgan fingerprint density at radius 1 is 1.13 bits per heavy atom. The summed E-state index contributed by atoms with van der Waals surface area (Å²) in [6, 6.07) is 4.02. The molecule has 0 amide bonds. The molecule has 0 aromatic carbocycles. The minimum Gasteiger partial charge on any atom is -0.356 e. The average molecular weight is 309 g/mol. The number of aryl methyl sites for hydroxylation is 1. The van der Waals surface area contributed by atoms with Gasteiger partial charge in [-0.25, -0.2) is 9.97 Å². The maximum absolute atomic E-state index is 4.64. The molecule has 0 atom stereocenters. The molecule has 7 heteroatoms. The van der Waals surface area contributed by atoms with Gasteiger partial charge in [0.15, 0.2) is 5.65 Å². The fourth-order valence-corrected chi connectivity index (χ4v) is 3.21. The van der Waals surface area contributed by atoms with E-state index in [1.165, 1.54) is 0 Å². The Kier molecular flexibility index (Phi) is 3.61. The molecule has 1 saturated heterocycles. The number of hydrogen-bond acceptors (Lipinski definition) is 6. The molecule has 4 heterocycles. The molecular weight excluding hydrogens is 290 g/mol. The minimum atomic E-state index is 0.481. The van der Waals surface area contributed by atoms with Crippen LogP contribution < -0.4 is 4.90 Å². The predicted octanol–water partition coefficient (Wildman–Crippen LogP) is 2.02. The fraction of sp³-hybridized carbons (Fsp3) is 0.438. The Morgan fingerprint density at radius 3 is 2.78 bits per heavy atom. The fourth-order valence-electron chi connectivity index (χ4n) is 3.21. The molecule has 0 N–H and O–H groups in total. The molecule has 3 aromatic heterocycles. The van der Waals surface area contributed by atoms with Crippen LogP contribution in [-0.4, -0.2) is 42.8 Å². The third kappa shape index (κ3) is 2.62. The molecule has 0 spiro atoms. The van der Waals surface area contributed by atoms with Crippen molar-refractivity contribution in [2.24, 2.45) is 0 Å². The van der Waals surface area contributed by atoms with Gasteiger partial charge in [0.25, 0.3) is 0 Å². The maximum Gasteiger partial charge on any atom is 0.180 e. The molecule has 1 aliphatic rings. The number of fused-ring (bicyclic) bond motifs is 1. The predicted molar refractivity (Wildman–Crippen MR) is 87.2 cm³/mol. The number of aromatic nitrogens is 6. The van der Waals surface area contributed by atoms with Crippen molar-refractivity contribution in [3.8, 4) is 0 Å². The van der Waals surface area contributed by atoms with Gasteiger partial charge in [-0.3, -0.25) is 4.98 Å². The van der Waals surface area contributed by atoms with Crippen molar-refractivity contribution in [1.82, 2.24) is 29.7 Å². The standard InChI is InChI=1S/C16H19N7/c1-2-22-11-19-21-16(22)12-5-9-23(10-6-12)14-4-3-13-15(20-14)18-8-7-17-13/h3-4,7-8,11-12H,2,5-6,9-10H2,1H3. The van der Waals surface area contributed by atoms with Crippen molar-refractivity contribution in [1.29, 1.82) is 0 Å². The first-order valence-electron chi connectivity index (χ1n) is 8.05. The Morgan fingerprint density at radius 2 is 1.96 bits per heavy atom. The van der Waals surface area contributed by atoms with E-state index in [4.69, 9.17) is 0 Å². The molecule has 118 valence electrons. The number of rotatable bonds is 3. The smallest absolute Gasteiger partial charge is 0.180 e. The van der Waals surface area contributed by atoms with Crippen LogP contribution >= 0.6 is 0 Å². The van der Waals surface area contributed by atoms with E-state index in [0.717, 1.165) is 49.6 Å². The van der Waals surface area contributed by atoms with Gasteiger partial charge in [0.1, 0.15) is 23.5 Å². The number of nitrogens with zero attached hydrogens (tertiary/aromatic N) is 7. The molecule has 0 aliphatic carbocycles. The zero-order valence-corrected chi connectivity index (χ0v) is 13.1. The van der Waals surface area contributed by atoms with Crippen LogP contribution in [0.3, 0.4) is 0 Å². The summed E-state index contributed by atoms with van der Waals surface area (Å²) in [5, 5.41) is 8.36. The number of pyridine rings is 1. The summed E-state index contributed by atoms with van der Waals surface area (Å²) in [6.45, 7) is 5.00. The van der Waals surface area contributed by atoms with Crippen molar-refractivity contribution in [3.63, 3.8) is 0 Å². The largest absolute Gasteiger partial charge is 0.356 e. The van der Waals surface area contributed by atoms with Crippen LogP contribution in [0.1, 0.15) is 31.5 Å². The topological polar surface area (TPSA) is 72.6 Å². The first kappa shape index (κ1) is 14.0. The molecule has 3 aromatic rings. The van der Waals surface area contributed by atoms with E-state index >= 15 is 0 Å². The van der Waals surface area contributed by atoms with Gasteiger partial charge in [0.05, 0.1) is 0 Å². The minimum absolute atomic E-state index is 0.481. The lowest BCUT2D eigenvalue weighted by Crippen LogP contribution is -2.34. The zero-order valence-electron chi connectivity index (χ0n) is 13.1. The molecule has 0 radical (unpaired) electrons. The van der Waals surface area contributed by atoms with E-state index < -0.39 is 0 Å². The summed E-state index contributed by atoms with van der Waals surface area (Å²) in [4.78, 5) is 15.5. The lowest BCUT2D eigenvalue weighted by molar-refractivity contribution is 0.465. The highest BCUT2D eigenvalue weighted by molar-refractivity contribution is 5.71. The van der Waals surface area contributed by atoms with E-state index in [9.17, 15) is 0 Å². The van der Waals surface area contributed by atoms with Crippen molar-refractivity contribution in [3.05, 3.63) is 36.7 Å². The molecular formula is C16H19N7. The molecule has 1 fully saturated rings. The van der Waals surface area contributed by atoms with E-state index in [1.807, 2.05) is 18.5 Å². The normalized spacial score (nSPS) is 16.1. The first-order chi connectivity index (χ1) is 11.3. The van der Waals surface area contributed by atoms with Gasteiger partial charge in [-0.05, 0) is 31.9 Å². The third-order valence-corrected chi connectivity index (χ3v) is 4.49. The molecule has 4 rings (SSSR count). The van der Waals surface area contributed by atoms with Crippen molar-refractivity contribution in [2.45, 2.75) is 32.2 Å². The second kappa shape index (κ2) is 5.91. The van der Waals surface area contributed by atoms with Crippen LogP contribution in [-0.2, 0) is 6.54 Å². The lowest BCUT2D eigenvalue weighted by Gasteiger charge is -2.32. The molecule has 7 nitrogen and oxygen atoms in total. The highest BCUT2D eigenvalue weighted by atomic mass is 15.3.